The number of nitrogens with zero attached hydrogens (tertiary/aromatic N) is 1. The van der Waals surface area contributed by atoms with Crippen LogP contribution in [-0.4, -0.2) is 19.8 Å². The fraction of sp³-hybridized carbons (Fsp3) is 0.333. The predicted octanol–water partition coefficient (Wildman–Crippen LogP) is 1.91. The second kappa shape index (κ2) is 4.29. The number of benzene rings is 1. The summed E-state index contributed by atoms with van der Waals surface area (Å²) in [5.74, 6) is 0. The van der Waals surface area contributed by atoms with Gasteiger partial charge < -0.3 is 0 Å². The Hall–Kier alpha value is -0.580. The monoisotopic (exact) mass is 233 g/mol. The highest BCUT2D eigenvalue weighted by atomic mass is 35.7. The van der Waals surface area contributed by atoms with Crippen molar-refractivity contribution in [2.24, 2.45) is 0 Å². The van der Waals surface area contributed by atoms with Gasteiger partial charge in [0.05, 0.1) is 0 Å². The van der Waals surface area contributed by atoms with Gasteiger partial charge in [-0.3, -0.25) is 0 Å². The Morgan fingerprint density at radius 2 is 1.93 bits per heavy atom. The molecule has 3 nitrogen and oxygen atoms in total. The van der Waals surface area contributed by atoms with E-state index in [0.29, 0.717) is 6.54 Å². The van der Waals surface area contributed by atoms with Crippen molar-refractivity contribution in [1.29, 1.82) is 0 Å². The molecule has 1 aromatic carbocycles. The molecule has 78 valence electrons. The molecule has 0 N–H and O–H groups in total. The lowest BCUT2D eigenvalue weighted by Crippen LogP contribution is -2.21. The molecule has 0 bridgehead atoms. The molecule has 0 saturated heterocycles. The van der Waals surface area contributed by atoms with Gasteiger partial charge in [0, 0.05) is 24.3 Å². The van der Waals surface area contributed by atoms with Crippen molar-refractivity contribution < 1.29 is 8.42 Å². The number of aryl methyl sites for hydroxylation is 1. The van der Waals surface area contributed by atoms with Gasteiger partial charge >= 0.3 is 0 Å². The first-order valence-corrected chi connectivity index (χ1v) is 6.38. The van der Waals surface area contributed by atoms with Gasteiger partial charge in [0.25, 0.3) is 9.24 Å². The topological polar surface area (TPSA) is 37.4 Å². The van der Waals surface area contributed by atoms with Crippen molar-refractivity contribution in [2.75, 3.05) is 7.05 Å². The largest absolute Gasteiger partial charge is 0.299 e. The molecule has 0 aliphatic carbocycles. The van der Waals surface area contributed by atoms with E-state index in [1.165, 1.54) is 7.05 Å². The zero-order chi connectivity index (χ0) is 10.8. The maximum Gasteiger partial charge on any atom is 0.299 e. The number of hydrogen-bond donors (Lipinski definition) is 0. The van der Waals surface area contributed by atoms with Gasteiger partial charge in [-0.2, -0.15) is 12.7 Å². The minimum atomic E-state index is -3.61. The lowest BCUT2D eigenvalue weighted by Gasteiger charge is -2.13. The number of rotatable bonds is 3. The van der Waals surface area contributed by atoms with E-state index in [-0.39, 0.29) is 0 Å². The maximum atomic E-state index is 10.9. The van der Waals surface area contributed by atoms with Crippen molar-refractivity contribution in [3.05, 3.63) is 35.4 Å². The summed E-state index contributed by atoms with van der Waals surface area (Å²) in [5, 5.41) is 0. The third kappa shape index (κ3) is 2.97. The first-order valence-electron chi connectivity index (χ1n) is 4.11. The second-order valence-electron chi connectivity index (χ2n) is 3.12. The van der Waals surface area contributed by atoms with E-state index in [1.54, 1.807) is 0 Å². The van der Waals surface area contributed by atoms with E-state index in [9.17, 15) is 8.42 Å². The van der Waals surface area contributed by atoms with E-state index in [2.05, 4.69) is 0 Å². The summed E-state index contributed by atoms with van der Waals surface area (Å²) in [5.41, 5.74) is 2.01. The fourth-order valence-electron chi connectivity index (χ4n) is 1.10. The molecule has 0 amide bonds. The molecule has 0 unspecified atom stereocenters. The predicted molar refractivity (Wildman–Crippen MR) is 57.4 cm³/mol. The lowest BCUT2D eigenvalue weighted by molar-refractivity contribution is 0.480. The highest BCUT2D eigenvalue weighted by molar-refractivity contribution is 8.11. The summed E-state index contributed by atoms with van der Waals surface area (Å²) in [6.07, 6.45) is 0. The van der Waals surface area contributed by atoms with Crippen molar-refractivity contribution in [3.63, 3.8) is 0 Å². The molecular weight excluding hydrogens is 222 g/mol. The third-order valence-corrected chi connectivity index (χ3v) is 3.61. The molecule has 0 atom stereocenters. The van der Waals surface area contributed by atoms with Crippen molar-refractivity contribution in [2.45, 2.75) is 13.5 Å². The minimum absolute atomic E-state index is 0.304. The van der Waals surface area contributed by atoms with Crippen LogP contribution < -0.4 is 0 Å². The molecule has 1 aromatic rings. The normalized spacial score (nSPS) is 12.0. The molecule has 14 heavy (non-hydrogen) atoms. The van der Waals surface area contributed by atoms with E-state index < -0.39 is 9.24 Å². The first-order chi connectivity index (χ1) is 6.41. The Kier molecular flexibility index (Phi) is 3.53. The summed E-state index contributed by atoms with van der Waals surface area (Å²) in [6, 6.07) is 7.60. The molecule has 5 heteroatoms. The molecule has 1 rings (SSSR count). The van der Waals surface area contributed by atoms with Gasteiger partial charge in [-0.25, -0.2) is 0 Å². The Balaban J connectivity index is 2.85. The number of halogens is 1. The second-order valence-corrected chi connectivity index (χ2v) is 5.74. The van der Waals surface area contributed by atoms with Gasteiger partial charge in [0.2, 0.25) is 0 Å². The molecule has 0 aliphatic rings. The molecule has 0 aromatic heterocycles. The summed E-state index contributed by atoms with van der Waals surface area (Å²) in [4.78, 5) is 0. The van der Waals surface area contributed by atoms with Crippen LogP contribution in [0.15, 0.2) is 24.3 Å². The quantitative estimate of drug-likeness (QED) is 0.748. The highest BCUT2D eigenvalue weighted by Crippen LogP contribution is 2.13. The van der Waals surface area contributed by atoms with E-state index in [0.717, 1.165) is 15.4 Å². The van der Waals surface area contributed by atoms with Gasteiger partial charge in [-0.1, -0.05) is 24.3 Å². The SMILES string of the molecule is Cc1ccccc1CN(C)S(=O)(=O)Cl. The average Bonchev–Trinajstić information content (AvgIpc) is 2.07. The van der Waals surface area contributed by atoms with E-state index in [4.69, 9.17) is 10.7 Å². The van der Waals surface area contributed by atoms with Crippen LogP contribution in [0.1, 0.15) is 11.1 Å². The van der Waals surface area contributed by atoms with Gasteiger partial charge in [0.15, 0.2) is 0 Å². The Labute approximate surface area is 88.9 Å². The summed E-state index contributed by atoms with van der Waals surface area (Å²) in [6.45, 7) is 2.24. The third-order valence-electron chi connectivity index (χ3n) is 2.03. The van der Waals surface area contributed by atoms with E-state index in [1.807, 2.05) is 31.2 Å². The van der Waals surface area contributed by atoms with Crippen molar-refractivity contribution in [3.8, 4) is 0 Å². The highest BCUT2D eigenvalue weighted by Gasteiger charge is 2.14. The molecule has 0 spiro atoms. The van der Waals surface area contributed by atoms with Crippen LogP contribution in [0.3, 0.4) is 0 Å². The van der Waals surface area contributed by atoms with Crippen LogP contribution >= 0.6 is 10.7 Å². The molecule has 0 heterocycles. The molecule has 0 saturated carbocycles. The summed E-state index contributed by atoms with van der Waals surface area (Å²) in [7, 11) is 3.02. The van der Waals surface area contributed by atoms with Crippen LogP contribution in [0.4, 0.5) is 0 Å². The van der Waals surface area contributed by atoms with Gasteiger partial charge in [0.1, 0.15) is 0 Å². The summed E-state index contributed by atoms with van der Waals surface area (Å²) >= 11 is 0. The Bertz CT molecular complexity index is 417. The molecule has 0 aliphatic heterocycles. The van der Waals surface area contributed by atoms with Crippen LogP contribution in [0.2, 0.25) is 0 Å². The molecule has 0 radical (unpaired) electrons. The fourth-order valence-corrected chi connectivity index (χ4v) is 1.54. The zero-order valence-electron chi connectivity index (χ0n) is 8.07. The van der Waals surface area contributed by atoms with Crippen LogP contribution in [0.5, 0.6) is 0 Å². The summed E-state index contributed by atoms with van der Waals surface area (Å²) < 4.78 is 23.0. The smallest absolute Gasteiger partial charge is 0.195 e. The van der Waals surface area contributed by atoms with Gasteiger partial charge in [-0.05, 0) is 18.1 Å². The Morgan fingerprint density at radius 1 is 1.36 bits per heavy atom. The zero-order valence-corrected chi connectivity index (χ0v) is 9.64. The van der Waals surface area contributed by atoms with E-state index >= 15 is 0 Å². The number of hydrogen-bond acceptors (Lipinski definition) is 2. The standard InChI is InChI=1S/C9H12ClNO2S/c1-8-5-3-4-6-9(8)7-11(2)14(10,12)13/h3-6H,7H2,1-2H3. The average molecular weight is 234 g/mol. The van der Waals surface area contributed by atoms with Crippen LogP contribution in [-0.2, 0) is 15.8 Å². The maximum absolute atomic E-state index is 10.9. The first kappa shape index (κ1) is 11.5. The van der Waals surface area contributed by atoms with Crippen LogP contribution in [0, 0.1) is 6.92 Å². The van der Waals surface area contributed by atoms with Gasteiger partial charge in [-0.15, -0.1) is 0 Å². The van der Waals surface area contributed by atoms with Crippen molar-refractivity contribution >= 4 is 19.9 Å². The lowest BCUT2D eigenvalue weighted by atomic mass is 10.1. The minimum Gasteiger partial charge on any atom is -0.195 e. The molecular formula is C9H12ClNO2S. The van der Waals surface area contributed by atoms with Crippen LogP contribution in [0.25, 0.3) is 0 Å². The Morgan fingerprint density at radius 3 is 2.43 bits per heavy atom. The van der Waals surface area contributed by atoms with Crippen molar-refractivity contribution in [1.82, 2.24) is 4.31 Å². The molecule has 0 fully saturated rings.